The Morgan fingerprint density at radius 3 is 2.17 bits per heavy atom. The number of β-amino-alcohol motifs (C(OH)–C–C–N with tert-alkyl or cyclic N) is 1. The fourth-order valence-corrected chi connectivity index (χ4v) is 7.18. The Labute approximate surface area is 204 Å². The molecule has 9 heteroatoms. The van der Waals surface area contributed by atoms with Crippen molar-refractivity contribution in [3.05, 3.63) is 29.8 Å². The number of amides is 2. The van der Waals surface area contributed by atoms with E-state index in [1.807, 2.05) is 0 Å². The van der Waals surface area contributed by atoms with E-state index in [-0.39, 0.29) is 18.9 Å². The van der Waals surface area contributed by atoms with Gasteiger partial charge >= 0.3 is 11.9 Å². The van der Waals surface area contributed by atoms with Crippen molar-refractivity contribution in [1.82, 2.24) is 4.90 Å². The van der Waals surface area contributed by atoms with Crippen molar-refractivity contribution in [2.45, 2.75) is 57.1 Å². The molecular formula is C26H32N2O7. The predicted octanol–water partition coefficient (Wildman–Crippen LogP) is 2.13. The van der Waals surface area contributed by atoms with Gasteiger partial charge in [0.05, 0.1) is 24.2 Å². The maximum atomic E-state index is 13.7. The van der Waals surface area contributed by atoms with E-state index in [1.165, 1.54) is 43.4 Å². The Kier molecular flexibility index (Phi) is 6.29. The number of benzene rings is 1. The molecule has 1 aromatic rings. The molecule has 1 heterocycles. The van der Waals surface area contributed by atoms with Gasteiger partial charge in [-0.3, -0.25) is 9.59 Å². The average Bonchev–Trinajstić information content (AvgIpc) is 3.22. The number of nitrogens with one attached hydrogen (secondary N) is 1. The summed E-state index contributed by atoms with van der Waals surface area (Å²) < 4.78 is 9.90. The summed E-state index contributed by atoms with van der Waals surface area (Å²) in [6, 6.07) is 5.25. The fourth-order valence-electron chi connectivity index (χ4n) is 7.18. The fraction of sp³-hybridized carbons (Fsp3) is 0.615. The second kappa shape index (κ2) is 9.26. The topological polar surface area (TPSA) is 122 Å². The molecule has 1 saturated heterocycles. The summed E-state index contributed by atoms with van der Waals surface area (Å²) in [4.78, 5) is 52.0. The third-order valence-corrected chi connectivity index (χ3v) is 8.24. The first-order valence-electron chi connectivity index (χ1n) is 12.4. The summed E-state index contributed by atoms with van der Waals surface area (Å²) in [5.74, 6) is 0.0569. The molecule has 4 bridgehead atoms. The third kappa shape index (κ3) is 4.66. The SMILES string of the molecule is COC(=O)c1ccc(NC(=O)COC(=O)[C@@H]2CC(O)CN2C(=O)C23CC4CC(CC(C4)C2)C3)cc1. The van der Waals surface area contributed by atoms with E-state index in [2.05, 4.69) is 10.1 Å². The van der Waals surface area contributed by atoms with Gasteiger partial charge < -0.3 is 24.8 Å². The van der Waals surface area contributed by atoms with Gasteiger partial charge in [-0.2, -0.15) is 0 Å². The number of hydrogen-bond donors (Lipinski definition) is 2. The first kappa shape index (κ1) is 23.8. The van der Waals surface area contributed by atoms with Crippen molar-refractivity contribution in [2.75, 3.05) is 25.6 Å². The Bertz CT molecular complexity index is 986. The number of ether oxygens (including phenoxy) is 2. The lowest BCUT2D eigenvalue weighted by Crippen LogP contribution is -2.56. The van der Waals surface area contributed by atoms with Crippen LogP contribution in [0.25, 0.3) is 0 Å². The molecule has 1 unspecified atom stereocenters. The lowest BCUT2D eigenvalue weighted by molar-refractivity contribution is -0.166. The van der Waals surface area contributed by atoms with Gasteiger partial charge in [0, 0.05) is 18.7 Å². The molecule has 0 spiro atoms. The van der Waals surface area contributed by atoms with Crippen LogP contribution in [-0.2, 0) is 23.9 Å². The van der Waals surface area contributed by atoms with E-state index in [9.17, 15) is 24.3 Å². The van der Waals surface area contributed by atoms with Crippen LogP contribution in [0.3, 0.4) is 0 Å². The molecule has 5 aliphatic rings. The molecule has 5 fully saturated rings. The van der Waals surface area contributed by atoms with Gasteiger partial charge in [0.1, 0.15) is 6.04 Å². The van der Waals surface area contributed by atoms with Gasteiger partial charge in [-0.1, -0.05) is 0 Å². The first-order valence-corrected chi connectivity index (χ1v) is 12.4. The smallest absolute Gasteiger partial charge is 0.337 e. The highest BCUT2D eigenvalue weighted by atomic mass is 16.5. The number of nitrogens with zero attached hydrogens (tertiary/aromatic N) is 1. The summed E-state index contributed by atoms with van der Waals surface area (Å²) in [6.07, 6.45) is 5.60. The Hall–Kier alpha value is -2.94. The molecule has 2 atom stereocenters. The van der Waals surface area contributed by atoms with E-state index in [0.717, 1.165) is 19.3 Å². The van der Waals surface area contributed by atoms with Crippen LogP contribution in [-0.4, -0.2) is 66.2 Å². The minimum Gasteiger partial charge on any atom is -0.465 e. The number of aliphatic hydroxyl groups is 1. The second-order valence-electron chi connectivity index (χ2n) is 10.8. The minimum absolute atomic E-state index is 0.0229. The summed E-state index contributed by atoms with van der Waals surface area (Å²) in [7, 11) is 1.29. The number of hydrogen-bond acceptors (Lipinski definition) is 7. The largest absolute Gasteiger partial charge is 0.465 e. The highest BCUT2D eigenvalue weighted by molar-refractivity contribution is 5.95. The van der Waals surface area contributed by atoms with Crippen LogP contribution in [0.15, 0.2) is 24.3 Å². The zero-order valence-corrected chi connectivity index (χ0v) is 19.9. The van der Waals surface area contributed by atoms with Gasteiger partial charge in [0.2, 0.25) is 5.91 Å². The van der Waals surface area contributed by atoms with Gasteiger partial charge in [-0.25, -0.2) is 9.59 Å². The molecule has 0 aromatic heterocycles. The number of anilines is 1. The standard InChI is InChI=1S/C26H32N2O7/c1-34-23(31)18-2-4-19(5-3-18)27-22(30)14-35-24(32)21-9-20(29)13-28(21)25(33)26-10-15-6-16(11-26)8-17(7-15)12-26/h2-5,15-17,20-21,29H,6-14H2,1H3,(H,27,30)/t15?,16?,17?,20?,21-,26?/m0/s1. The van der Waals surface area contributed by atoms with Crippen molar-refractivity contribution in [3.8, 4) is 0 Å². The summed E-state index contributed by atoms with van der Waals surface area (Å²) in [5, 5.41) is 12.9. The third-order valence-electron chi connectivity index (χ3n) is 8.24. The van der Waals surface area contributed by atoms with Crippen LogP contribution >= 0.6 is 0 Å². The number of methoxy groups -OCH3 is 1. The van der Waals surface area contributed by atoms with Gasteiger partial charge in [-0.15, -0.1) is 0 Å². The molecule has 1 aliphatic heterocycles. The highest BCUT2D eigenvalue weighted by Crippen LogP contribution is 2.60. The molecular weight excluding hydrogens is 452 g/mol. The van der Waals surface area contributed by atoms with Crippen molar-refractivity contribution in [1.29, 1.82) is 0 Å². The molecule has 9 nitrogen and oxygen atoms in total. The quantitative estimate of drug-likeness (QED) is 0.593. The molecule has 188 valence electrons. The second-order valence-corrected chi connectivity index (χ2v) is 10.8. The van der Waals surface area contributed by atoms with E-state index in [4.69, 9.17) is 4.74 Å². The molecule has 0 radical (unpaired) electrons. The Morgan fingerprint density at radius 2 is 1.60 bits per heavy atom. The Balaban J connectivity index is 1.18. The predicted molar refractivity (Wildman–Crippen MR) is 124 cm³/mol. The zero-order valence-electron chi connectivity index (χ0n) is 19.9. The van der Waals surface area contributed by atoms with E-state index < -0.39 is 42.0 Å². The summed E-state index contributed by atoms with van der Waals surface area (Å²) >= 11 is 0. The summed E-state index contributed by atoms with van der Waals surface area (Å²) in [5.41, 5.74) is 0.375. The average molecular weight is 485 g/mol. The number of carbonyl (C=O) groups is 4. The van der Waals surface area contributed by atoms with Gasteiger partial charge in [0.25, 0.3) is 5.91 Å². The van der Waals surface area contributed by atoms with Crippen molar-refractivity contribution in [3.63, 3.8) is 0 Å². The number of carbonyl (C=O) groups excluding carboxylic acids is 4. The number of aliphatic hydroxyl groups excluding tert-OH is 1. The number of rotatable bonds is 6. The van der Waals surface area contributed by atoms with E-state index in [0.29, 0.717) is 29.0 Å². The van der Waals surface area contributed by atoms with E-state index >= 15 is 0 Å². The van der Waals surface area contributed by atoms with E-state index in [1.54, 1.807) is 12.1 Å². The van der Waals surface area contributed by atoms with Crippen LogP contribution in [0.4, 0.5) is 5.69 Å². The molecule has 2 N–H and O–H groups in total. The minimum atomic E-state index is -0.877. The van der Waals surface area contributed by atoms with Crippen LogP contribution < -0.4 is 5.32 Å². The maximum Gasteiger partial charge on any atom is 0.337 e. The molecule has 4 saturated carbocycles. The van der Waals surface area contributed by atoms with Crippen LogP contribution in [0.5, 0.6) is 0 Å². The van der Waals surface area contributed by atoms with Crippen LogP contribution in [0.2, 0.25) is 0 Å². The van der Waals surface area contributed by atoms with Crippen molar-refractivity contribution >= 4 is 29.4 Å². The summed E-state index contributed by atoms with van der Waals surface area (Å²) in [6.45, 7) is -0.386. The van der Waals surface area contributed by atoms with Gasteiger partial charge in [-0.05, 0) is 80.5 Å². The molecule has 4 aliphatic carbocycles. The van der Waals surface area contributed by atoms with Gasteiger partial charge in [0.15, 0.2) is 6.61 Å². The van der Waals surface area contributed by atoms with Crippen LogP contribution in [0, 0.1) is 23.2 Å². The number of esters is 2. The maximum absolute atomic E-state index is 13.7. The Morgan fingerprint density at radius 1 is 1.00 bits per heavy atom. The molecule has 6 rings (SSSR count). The zero-order chi connectivity index (χ0) is 24.7. The lowest BCUT2D eigenvalue weighted by Gasteiger charge is -2.56. The van der Waals surface area contributed by atoms with Crippen molar-refractivity contribution in [2.24, 2.45) is 23.2 Å². The first-order chi connectivity index (χ1) is 16.8. The lowest BCUT2D eigenvalue weighted by atomic mass is 9.49. The normalized spacial score (nSPS) is 32.9. The monoisotopic (exact) mass is 484 g/mol. The molecule has 2 amide bonds. The highest BCUT2D eigenvalue weighted by Gasteiger charge is 2.57. The number of likely N-dealkylation sites (tertiary alicyclic amines) is 1. The molecule has 35 heavy (non-hydrogen) atoms. The van der Waals surface area contributed by atoms with Crippen LogP contribution in [0.1, 0.15) is 55.3 Å². The molecule has 1 aromatic carbocycles. The van der Waals surface area contributed by atoms with Crippen molar-refractivity contribution < 1.29 is 33.8 Å².